The van der Waals surface area contributed by atoms with Crippen LogP contribution in [0.2, 0.25) is 0 Å². The van der Waals surface area contributed by atoms with Crippen molar-refractivity contribution in [3.8, 4) is 0 Å². The second kappa shape index (κ2) is 5.39. The molecule has 1 aliphatic heterocycles. The number of nitrogens with zero attached hydrogens (tertiary/aromatic N) is 1. The van der Waals surface area contributed by atoms with Gasteiger partial charge in [-0.3, -0.25) is 0 Å². The molecule has 3 heteroatoms. The van der Waals surface area contributed by atoms with Gasteiger partial charge in [-0.15, -0.1) is 0 Å². The summed E-state index contributed by atoms with van der Waals surface area (Å²) >= 11 is 0. The van der Waals surface area contributed by atoms with Gasteiger partial charge in [-0.05, 0) is 50.0 Å². The molecular weight excluding hydrogens is 208 g/mol. The Bertz CT molecular complexity index is 326. The lowest BCUT2D eigenvalue weighted by atomic mass is 10.1. The first-order valence-electron chi connectivity index (χ1n) is 5.91. The fourth-order valence-corrected chi connectivity index (χ4v) is 2.23. The summed E-state index contributed by atoms with van der Waals surface area (Å²) in [5.41, 5.74) is 0.753. The monoisotopic (exact) mass is 225 g/mol. The SMILES string of the molecule is Fc1cc(F)cc(CCN2CCCCC2)c1. The molecule has 88 valence electrons. The van der Waals surface area contributed by atoms with E-state index < -0.39 is 11.6 Å². The zero-order valence-electron chi connectivity index (χ0n) is 9.38. The van der Waals surface area contributed by atoms with Gasteiger partial charge in [0.15, 0.2) is 0 Å². The average Bonchev–Trinajstić information content (AvgIpc) is 2.27. The summed E-state index contributed by atoms with van der Waals surface area (Å²) in [5.74, 6) is -0.956. The molecular formula is C13H17F2N. The van der Waals surface area contributed by atoms with Gasteiger partial charge in [0.05, 0.1) is 0 Å². The molecule has 0 bridgehead atoms. The molecule has 0 N–H and O–H groups in total. The van der Waals surface area contributed by atoms with E-state index in [0.29, 0.717) is 0 Å². The summed E-state index contributed by atoms with van der Waals surface area (Å²) in [6, 6.07) is 3.77. The van der Waals surface area contributed by atoms with E-state index in [4.69, 9.17) is 0 Å². The third-order valence-electron chi connectivity index (χ3n) is 3.09. The quantitative estimate of drug-likeness (QED) is 0.764. The maximum Gasteiger partial charge on any atom is 0.126 e. The minimum Gasteiger partial charge on any atom is -0.303 e. The number of hydrogen-bond acceptors (Lipinski definition) is 1. The molecule has 0 unspecified atom stereocenters. The zero-order valence-corrected chi connectivity index (χ0v) is 9.38. The molecule has 0 atom stereocenters. The second-order valence-electron chi connectivity index (χ2n) is 4.43. The Morgan fingerprint density at radius 1 is 0.938 bits per heavy atom. The Balaban J connectivity index is 1.88. The molecule has 0 saturated carbocycles. The number of likely N-dealkylation sites (tertiary alicyclic amines) is 1. The van der Waals surface area contributed by atoms with Crippen molar-refractivity contribution < 1.29 is 8.78 Å². The van der Waals surface area contributed by atoms with E-state index in [0.717, 1.165) is 37.7 Å². The van der Waals surface area contributed by atoms with E-state index in [1.54, 1.807) is 0 Å². The Kier molecular flexibility index (Phi) is 3.88. The van der Waals surface area contributed by atoms with Gasteiger partial charge in [0.1, 0.15) is 11.6 Å². The largest absolute Gasteiger partial charge is 0.303 e. The van der Waals surface area contributed by atoms with Gasteiger partial charge in [-0.25, -0.2) is 8.78 Å². The van der Waals surface area contributed by atoms with Crippen LogP contribution in [0, 0.1) is 11.6 Å². The highest BCUT2D eigenvalue weighted by Gasteiger charge is 2.10. The Morgan fingerprint density at radius 3 is 2.19 bits per heavy atom. The van der Waals surface area contributed by atoms with Crippen molar-refractivity contribution in [2.24, 2.45) is 0 Å². The van der Waals surface area contributed by atoms with Crippen LogP contribution in [-0.2, 0) is 6.42 Å². The lowest BCUT2D eigenvalue weighted by Gasteiger charge is -2.26. The summed E-state index contributed by atoms with van der Waals surface area (Å²) in [6.45, 7) is 3.15. The van der Waals surface area contributed by atoms with Crippen LogP contribution in [0.1, 0.15) is 24.8 Å². The van der Waals surface area contributed by atoms with Crippen LogP contribution in [-0.4, -0.2) is 24.5 Å². The van der Waals surface area contributed by atoms with Crippen molar-refractivity contribution in [1.29, 1.82) is 0 Å². The highest BCUT2D eigenvalue weighted by Crippen LogP contribution is 2.12. The minimum atomic E-state index is -0.478. The summed E-state index contributed by atoms with van der Waals surface area (Å²) in [7, 11) is 0. The van der Waals surface area contributed by atoms with Crippen LogP contribution in [0.15, 0.2) is 18.2 Å². The Labute approximate surface area is 95.1 Å². The molecule has 0 radical (unpaired) electrons. The van der Waals surface area contributed by atoms with Gasteiger partial charge in [-0.1, -0.05) is 6.42 Å². The summed E-state index contributed by atoms with van der Waals surface area (Å²) < 4.78 is 25.9. The Hall–Kier alpha value is -0.960. The van der Waals surface area contributed by atoms with Crippen molar-refractivity contribution in [3.63, 3.8) is 0 Å². The summed E-state index contributed by atoms with van der Waals surface area (Å²) in [4.78, 5) is 2.37. The number of halogens is 2. The van der Waals surface area contributed by atoms with Gasteiger partial charge in [0, 0.05) is 12.6 Å². The van der Waals surface area contributed by atoms with Gasteiger partial charge in [0.2, 0.25) is 0 Å². The number of benzene rings is 1. The maximum absolute atomic E-state index is 12.9. The lowest BCUT2D eigenvalue weighted by Crippen LogP contribution is -2.31. The van der Waals surface area contributed by atoms with Crippen molar-refractivity contribution in [1.82, 2.24) is 4.90 Å². The molecule has 1 saturated heterocycles. The van der Waals surface area contributed by atoms with Crippen molar-refractivity contribution >= 4 is 0 Å². The van der Waals surface area contributed by atoms with Gasteiger partial charge in [-0.2, -0.15) is 0 Å². The molecule has 16 heavy (non-hydrogen) atoms. The van der Waals surface area contributed by atoms with E-state index in [2.05, 4.69) is 4.90 Å². The van der Waals surface area contributed by atoms with Crippen LogP contribution in [0.5, 0.6) is 0 Å². The molecule has 1 fully saturated rings. The van der Waals surface area contributed by atoms with Crippen LogP contribution < -0.4 is 0 Å². The van der Waals surface area contributed by atoms with Crippen LogP contribution in [0.25, 0.3) is 0 Å². The fourth-order valence-electron chi connectivity index (χ4n) is 2.23. The topological polar surface area (TPSA) is 3.24 Å². The average molecular weight is 225 g/mol. The molecule has 0 spiro atoms. The third-order valence-corrected chi connectivity index (χ3v) is 3.09. The minimum absolute atomic E-state index is 0.478. The molecule has 1 aromatic rings. The number of rotatable bonds is 3. The standard InChI is InChI=1S/C13H17F2N/c14-12-8-11(9-13(15)10-12)4-7-16-5-2-1-3-6-16/h8-10H,1-7H2. The number of piperidine rings is 1. The van der Waals surface area contributed by atoms with Crippen LogP contribution in [0.4, 0.5) is 8.78 Å². The molecule has 0 aromatic heterocycles. The van der Waals surface area contributed by atoms with E-state index in [1.165, 1.54) is 31.4 Å². The predicted molar refractivity (Wildman–Crippen MR) is 60.4 cm³/mol. The smallest absolute Gasteiger partial charge is 0.126 e. The zero-order chi connectivity index (χ0) is 11.4. The van der Waals surface area contributed by atoms with Gasteiger partial charge >= 0.3 is 0 Å². The molecule has 1 nitrogen and oxygen atoms in total. The van der Waals surface area contributed by atoms with Crippen LogP contribution in [0.3, 0.4) is 0 Å². The Morgan fingerprint density at radius 2 is 1.56 bits per heavy atom. The van der Waals surface area contributed by atoms with E-state index >= 15 is 0 Å². The first-order valence-corrected chi connectivity index (χ1v) is 5.91. The van der Waals surface area contributed by atoms with Gasteiger partial charge in [0.25, 0.3) is 0 Å². The summed E-state index contributed by atoms with van der Waals surface area (Å²) in [5, 5.41) is 0. The third kappa shape index (κ3) is 3.27. The molecule has 1 heterocycles. The summed E-state index contributed by atoms with van der Waals surface area (Å²) in [6.07, 6.45) is 4.54. The first-order chi connectivity index (χ1) is 7.74. The van der Waals surface area contributed by atoms with Crippen molar-refractivity contribution in [3.05, 3.63) is 35.4 Å². The number of hydrogen-bond donors (Lipinski definition) is 0. The van der Waals surface area contributed by atoms with Crippen LogP contribution >= 0.6 is 0 Å². The van der Waals surface area contributed by atoms with Crippen molar-refractivity contribution in [2.45, 2.75) is 25.7 Å². The second-order valence-corrected chi connectivity index (χ2v) is 4.43. The maximum atomic E-state index is 12.9. The molecule has 1 aliphatic rings. The molecule has 0 amide bonds. The van der Waals surface area contributed by atoms with Gasteiger partial charge < -0.3 is 4.90 Å². The molecule has 2 rings (SSSR count). The first kappa shape index (κ1) is 11.5. The van der Waals surface area contributed by atoms with E-state index in [1.807, 2.05) is 0 Å². The highest BCUT2D eigenvalue weighted by molar-refractivity contribution is 5.18. The molecule has 0 aliphatic carbocycles. The van der Waals surface area contributed by atoms with E-state index in [-0.39, 0.29) is 0 Å². The fraction of sp³-hybridized carbons (Fsp3) is 0.538. The lowest BCUT2D eigenvalue weighted by molar-refractivity contribution is 0.231. The predicted octanol–water partition coefficient (Wildman–Crippen LogP) is 2.99. The highest BCUT2D eigenvalue weighted by atomic mass is 19.1. The van der Waals surface area contributed by atoms with Crippen molar-refractivity contribution in [2.75, 3.05) is 19.6 Å². The molecule has 1 aromatic carbocycles. The van der Waals surface area contributed by atoms with E-state index in [9.17, 15) is 8.78 Å². The normalized spacial score (nSPS) is 17.6.